The summed E-state index contributed by atoms with van der Waals surface area (Å²) in [5.41, 5.74) is 3.06. The number of hydrogen-bond acceptors (Lipinski definition) is 2. The minimum absolute atomic E-state index is 0.418. The number of urea groups is 1. The summed E-state index contributed by atoms with van der Waals surface area (Å²) in [6.45, 7) is 0. The zero-order chi connectivity index (χ0) is 10.1. The van der Waals surface area contributed by atoms with E-state index in [0.29, 0.717) is 12.1 Å². The zero-order valence-electron chi connectivity index (χ0n) is 8.42. The van der Waals surface area contributed by atoms with Crippen molar-refractivity contribution in [3.05, 3.63) is 0 Å². The molecule has 0 saturated carbocycles. The highest BCUT2D eigenvalue weighted by Crippen LogP contribution is 2.20. The van der Waals surface area contributed by atoms with Crippen LogP contribution in [-0.4, -0.2) is 30.9 Å². The van der Waals surface area contributed by atoms with Crippen molar-refractivity contribution < 1.29 is 9.69 Å². The van der Waals surface area contributed by atoms with Crippen LogP contribution >= 0.6 is 0 Å². The van der Waals surface area contributed by atoms with Crippen LogP contribution in [-0.2, 0) is 0 Å². The summed E-state index contributed by atoms with van der Waals surface area (Å²) in [6.07, 6.45) is 4.44. The fraction of sp³-hybridized carbons (Fsp3) is 0.778. The molecule has 4 N–H and O–H groups in total. The molecule has 2 atom stereocenters. The first-order valence-electron chi connectivity index (χ1n) is 5.11. The summed E-state index contributed by atoms with van der Waals surface area (Å²) in [5.74, 6) is 4.99. The first-order chi connectivity index (χ1) is 6.70. The van der Waals surface area contributed by atoms with Gasteiger partial charge in [0.05, 0.1) is 19.1 Å². The molecule has 2 heterocycles. The van der Waals surface area contributed by atoms with Gasteiger partial charge in [-0.05, 0) is 0 Å². The van der Waals surface area contributed by atoms with E-state index in [1.54, 1.807) is 4.90 Å². The number of amides is 2. The molecule has 2 bridgehead atoms. The van der Waals surface area contributed by atoms with Crippen molar-refractivity contribution in [3.63, 3.8) is 0 Å². The SMILES string of the molecule is C[NH+]1C2CCC1CC(=NC(=O)NN)C2. The molecule has 0 aliphatic carbocycles. The second-order valence-corrected chi connectivity index (χ2v) is 4.25. The number of nitrogens with two attached hydrogens (primary N) is 1. The molecule has 0 aromatic heterocycles. The van der Waals surface area contributed by atoms with E-state index in [4.69, 9.17) is 5.84 Å². The maximum absolute atomic E-state index is 11.0. The van der Waals surface area contributed by atoms with Gasteiger partial charge >= 0.3 is 6.03 Å². The minimum Gasteiger partial charge on any atom is -0.332 e. The Kier molecular flexibility index (Phi) is 2.52. The fourth-order valence-electron chi connectivity index (χ4n) is 2.64. The predicted molar refractivity (Wildman–Crippen MR) is 53.1 cm³/mol. The first-order valence-corrected chi connectivity index (χ1v) is 5.11. The van der Waals surface area contributed by atoms with Gasteiger partial charge in [-0.3, -0.25) is 5.43 Å². The minimum atomic E-state index is -0.418. The Morgan fingerprint density at radius 3 is 2.57 bits per heavy atom. The van der Waals surface area contributed by atoms with Crippen LogP contribution in [0.3, 0.4) is 0 Å². The third-order valence-corrected chi connectivity index (χ3v) is 3.50. The maximum atomic E-state index is 11.0. The lowest BCUT2D eigenvalue weighted by molar-refractivity contribution is -0.917. The lowest BCUT2D eigenvalue weighted by Gasteiger charge is -2.28. The monoisotopic (exact) mass is 197 g/mol. The van der Waals surface area contributed by atoms with Crippen LogP contribution in [0.4, 0.5) is 4.79 Å². The molecular weight excluding hydrogens is 180 g/mol. The molecule has 0 spiro atoms. The van der Waals surface area contributed by atoms with Gasteiger partial charge in [-0.2, -0.15) is 0 Å². The summed E-state index contributed by atoms with van der Waals surface area (Å²) in [6, 6.07) is 0.912. The third kappa shape index (κ3) is 1.65. The molecule has 5 nitrogen and oxygen atoms in total. The molecule has 14 heavy (non-hydrogen) atoms. The summed E-state index contributed by atoms with van der Waals surface area (Å²) >= 11 is 0. The number of piperidine rings is 1. The van der Waals surface area contributed by atoms with Crippen molar-refractivity contribution in [2.45, 2.75) is 37.8 Å². The van der Waals surface area contributed by atoms with Crippen molar-refractivity contribution in [2.24, 2.45) is 10.8 Å². The van der Waals surface area contributed by atoms with E-state index in [1.165, 1.54) is 12.8 Å². The number of nitrogens with one attached hydrogen (secondary N) is 2. The number of rotatable bonds is 0. The lowest BCUT2D eigenvalue weighted by atomic mass is 10.0. The molecule has 2 saturated heterocycles. The number of hydrazine groups is 1. The van der Waals surface area contributed by atoms with Crippen molar-refractivity contribution in [2.75, 3.05) is 7.05 Å². The van der Waals surface area contributed by atoms with Crippen LogP contribution in [0.15, 0.2) is 4.99 Å². The Bertz CT molecular complexity index is 260. The second-order valence-electron chi connectivity index (χ2n) is 4.25. The van der Waals surface area contributed by atoms with Crippen LogP contribution in [0.2, 0.25) is 0 Å². The maximum Gasteiger partial charge on any atom is 0.354 e. The lowest BCUT2D eigenvalue weighted by Crippen LogP contribution is -3.15. The van der Waals surface area contributed by atoms with Gasteiger partial charge in [0.15, 0.2) is 0 Å². The first kappa shape index (κ1) is 9.61. The van der Waals surface area contributed by atoms with Crippen molar-refractivity contribution in [1.82, 2.24) is 5.43 Å². The topological polar surface area (TPSA) is 71.9 Å². The van der Waals surface area contributed by atoms with Crippen LogP contribution in [0, 0.1) is 0 Å². The third-order valence-electron chi connectivity index (χ3n) is 3.50. The Morgan fingerprint density at radius 2 is 2.07 bits per heavy atom. The van der Waals surface area contributed by atoms with E-state index in [2.05, 4.69) is 12.0 Å². The van der Waals surface area contributed by atoms with Crippen molar-refractivity contribution in [1.29, 1.82) is 0 Å². The van der Waals surface area contributed by atoms with E-state index >= 15 is 0 Å². The Labute approximate surface area is 83.3 Å². The summed E-state index contributed by atoms with van der Waals surface area (Å²) in [5, 5.41) is 0. The molecule has 2 fully saturated rings. The molecule has 0 aromatic carbocycles. The average molecular weight is 197 g/mol. The van der Waals surface area contributed by atoms with E-state index in [-0.39, 0.29) is 0 Å². The molecule has 2 aliphatic heterocycles. The van der Waals surface area contributed by atoms with Gasteiger partial charge in [0, 0.05) is 31.4 Å². The van der Waals surface area contributed by atoms with Gasteiger partial charge in [-0.1, -0.05) is 0 Å². The highest BCUT2D eigenvalue weighted by molar-refractivity contribution is 5.95. The molecule has 0 aromatic rings. The molecule has 0 radical (unpaired) electrons. The van der Waals surface area contributed by atoms with Gasteiger partial charge in [0.25, 0.3) is 0 Å². The zero-order valence-corrected chi connectivity index (χ0v) is 8.42. The molecule has 5 heteroatoms. The van der Waals surface area contributed by atoms with E-state index in [0.717, 1.165) is 18.6 Å². The van der Waals surface area contributed by atoms with Crippen molar-refractivity contribution in [3.8, 4) is 0 Å². The van der Waals surface area contributed by atoms with Gasteiger partial charge in [0.2, 0.25) is 0 Å². The van der Waals surface area contributed by atoms with E-state index < -0.39 is 6.03 Å². The summed E-state index contributed by atoms with van der Waals surface area (Å²) in [4.78, 5) is 16.5. The van der Waals surface area contributed by atoms with Crippen LogP contribution in [0.25, 0.3) is 0 Å². The largest absolute Gasteiger partial charge is 0.354 e. The number of fused-ring (bicyclic) bond motifs is 2. The molecule has 2 rings (SSSR count). The molecule has 2 unspecified atom stereocenters. The summed E-state index contributed by atoms with van der Waals surface area (Å²) in [7, 11) is 2.24. The average Bonchev–Trinajstić information content (AvgIpc) is 2.42. The fourth-order valence-corrected chi connectivity index (χ4v) is 2.64. The normalized spacial score (nSPS) is 35.6. The summed E-state index contributed by atoms with van der Waals surface area (Å²) < 4.78 is 0. The number of carbonyl (C=O) groups excluding carboxylic acids is 1. The highest BCUT2D eigenvalue weighted by atomic mass is 16.2. The number of hydrogen-bond donors (Lipinski definition) is 3. The smallest absolute Gasteiger partial charge is 0.332 e. The van der Waals surface area contributed by atoms with Crippen LogP contribution < -0.4 is 16.2 Å². The number of quaternary nitrogens is 1. The van der Waals surface area contributed by atoms with Gasteiger partial charge in [-0.15, -0.1) is 0 Å². The van der Waals surface area contributed by atoms with Crippen molar-refractivity contribution >= 4 is 11.7 Å². The molecule has 78 valence electrons. The quantitative estimate of drug-likeness (QED) is 0.261. The highest BCUT2D eigenvalue weighted by Gasteiger charge is 2.40. The number of aliphatic imine (C=N–C) groups is 1. The Morgan fingerprint density at radius 1 is 1.50 bits per heavy atom. The predicted octanol–water partition coefficient (Wildman–Crippen LogP) is -1.15. The molecule has 2 aliphatic rings. The molecular formula is C9H17N4O+. The standard InChI is InChI=1S/C9H16N4O/c1-13-7-2-3-8(13)5-6(4-7)11-9(14)12-10/h7-8H,2-5,10H2,1H3,(H,12,14)/p+1. The van der Waals surface area contributed by atoms with Gasteiger partial charge < -0.3 is 4.90 Å². The van der Waals surface area contributed by atoms with E-state index in [9.17, 15) is 4.79 Å². The molecule has 2 amide bonds. The van der Waals surface area contributed by atoms with Gasteiger partial charge in [0.1, 0.15) is 0 Å². The second kappa shape index (κ2) is 3.67. The van der Waals surface area contributed by atoms with Crippen LogP contribution in [0.5, 0.6) is 0 Å². The van der Waals surface area contributed by atoms with E-state index in [1.807, 2.05) is 5.43 Å². The Balaban J connectivity index is 2.06. The van der Waals surface area contributed by atoms with Gasteiger partial charge in [-0.25, -0.2) is 15.6 Å². The van der Waals surface area contributed by atoms with Crippen LogP contribution in [0.1, 0.15) is 25.7 Å². The number of carbonyl (C=O) groups is 1. The Hall–Kier alpha value is -0.940. The number of nitrogens with zero attached hydrogens (tertiary/aromatic N) is 1.